The third-order valence-corrected chi connectivity index (χ3v) is 3.62. The van der Waals surface area contributed by atoms with Crippen LogP contribution in [0.3, 0.4) is 0 Å². The summed E-state index contributed by atoms with van der Waals surface area (Å²) < 4.78 is 11.0. The van der Waals surface area contributed by atoms with Crippen molar-refractivity contribution in [3.8, 4) is 6.07 Å². The molecule has 6 heteroatoms. The first-order valence-corrected chi connectivity index (χ1v) is 7.94. The van der Waals surface area contributed by atoms with E-state index in [0.29, 0.717) is 12.1 Å². The summed E-state index contributed by atoms with van der Waals surface area (Å²) in [5.41, 5.74) is 1.78. The molecule has 0 bridgehead atoms. The lowest BCUT2D eigenvalue weighted by Gasteiger charge is -2.13. The molecule has 0 spiro atoms. The van der Waals surface area contributed by atoms with Gasteiger partial charge in [-0.2, -0.15) is 5.26 Å². The van der Waals surface area contributed by atoms with Crippen molar-refractivity contribution in [2.24, 2.45) is 4.99 Å². The second-order valence-corrected chi connectivity index (χ2v) is 5.37. The highest BCUT2D eigenvalue weighted by molar-refractivity contribution is 5.79. The number of rotatable bonds is 7. The third-order valence-electron chi connectivity index (χ3n) is 3.62. The van der Waals surface area contributed by atoms with Crippen molar-refractivity contribution in [3.63, 3.8) is 0 Å². The topological polar surface area (TPSA) is 78.7 Å². The first-order chi connectivity index (χ1) is 11.3. The molecule has 2 rings (SSSR count). The van der Waals surface area contributed by atoms with E-state index in [0.717, 1.165) is 50.7 Å². The van der Waals surface area contributed by atoms with E-state index in [2.05, 4.69) is 21.7 Å². The predicted molar refractivity (Wildman–Crippen MR) is 89.2 cm³/mol. The van der Waals surface area contributed by atoms with Crippen LogP contribution in [0.25, 0.3) is 0 Å². The van der Waals surface area contributed by atoms with Gasteiger partial charge >= 0.3 is 0 Å². The van der Waals surface area contributed by atoms with Gasteiger partial charge in [-0.1, -0.05) is 12.1 Å². The number of hydrogen-bond donors (Lipinski definition) is 2. The van der Waals surface area contributed by atoms with Crippen molar-refractivity contribution in [2.75, 3.05) is 33.4 Å². The molecular formula is C17H24N4O2. The average molecular weight is 316 g/mol. The fourth-order valence-corrected chi connectivity index (χ4v) is 2.28. The van der Waals surface area contributed by atoms with Gasteiger partial charge in [0.1, 0.15) is 0 Å². The SMILES string of the molecule is CN=C(NCCCOC1CCOC1)NCc1ccc(C#N)cc1. The summed E-state index contributed by atoms with van der Waals surface area (Å²) in [6, 6.07) is 9.63. The molecule has 2 N–H and O–H groups in total. The van der Waals surface area contributed by atoms with Gasteiger partial charge in [0.15, 0.2) is 5.96 Å². The largest absolute Gasteiger partial charge is 0.379 e. The molecule has 1 aromatic rings. The highest BCUT2D eigenvalue weighted by Crippen LogP contribution is 2.07. The number of nitriles is 1. The number of ether oxygens (including phenoxy) is 2. The zero-order valence-electron chi connectivity index (χ0n) is 13.5. The quantitative estimate of drug-likeness (QED) is 0.452. The van der Waals surface area contributed by atoms with E-state index in [-0.39, 0.29) is 6.10 Å². The summed E-state index contributed by atoms with van der Waals surface area (Å²) in [7, 11) is 1.75. The van der Waals surface area contributed by atoms with Crippen LogP contribution in [0.15, 0.2) is 29.3 Å². The maximum Gasteiger partial charge on any atom is 0.191 e. The Morgan fingerprint density at radius 2 is 2.22 bits per heavy atom. The summed E-state index contributed by atoms with van der Waals surface area (Å²) >= 11 is 0. The van der Waals surface area contributed by atoms with Gasteiger partial charge in [-0.25, -0.2) is 0 Å². The molecule has 0 saturated carbocycles. The summed E-state index contributed by atoms with van der Waals surface area (Å²) in [4.78, 5) is 4.19. The lowest BCUT2D eigenvalue weighted by atomic mass is 10.1. The minimum atomic E-state index is 0.267. The van der Waals surface area contributed by atoms with Gasteiger partial charge in [-0.15, -0.1) is 0 Å². The van der Waals surface area contributed by atoms with Crippen LogP contribution in [0.2, 0.25) is 0 Å². The van der Waals surface area contributed by atoms with Crippen molar-refractivity contribution < 1.29 is 9.47 Å². The maximum atomic E-state index is 8.78. The average Bonchev–Trinajstić information content (AvgIpc) is 3.11. The van der Waals surface area contributed by atoms with Crippen LogP contribution < -0.4 is 10.6 Å². The molecule has 124 valence electrons. The number of guanidine groups is 1. The van der Waals surface area contributed by atoms with Gasteiger partial charge < -0.3 is 20.1 Å². The first kappa shape index (κ1) is 17.3. The lowest BCUT2D eigenvalue weighted by Crippen LogP contribution is -2.37. The van der Waals surface area contributed by atoms with Crippen molar-refractivity contribution in [1.29, 1.82) is 5.26 Å². The van der Waals surface area contributed by atoms with Crippen LogP contribution in [0, 0.1) is 11.3 Å². The van der Waals surface area contributed by atoms with E-state index in [4.69, 9.17) is 14.7 Å². The molecule has 23 heavy (non-hydrogen) atoms. The second kappa shape index (κ2) is 9.82. The summed E-state index contributed by atoms with van der Waals surface area (Å²) in [6.07, 6.45) is 2.19. The Kier molecular flexibility index (Phi) is 7.37. The minimum absolute atomic E-state index is 0.267. The molecule has 1 saturated heterocycles. The van der Waals surface area contributed by atoms with E-state index in [9.17, 15) is 0 Å². The summed E-state index contributed by atoms with van der Waals surface area (Å²) in [5.74, 6) is 0.763. The molecule has 1 atom stereocenters. The van der Waals surface area contributed by atoms with Crippen molar-refractivity contribution in [2.45, 2.75) is 25.5 Å². The fourth-order valence-electron chi connectivity index (χ4n) is 2.28. The molecule has 1 aliphatic heterocycles. The molecule has 0 aromatic heterocycles. The van der Waals surface area contributed by atoms with E-state index in [1.54, 1.807) is 7.05 Å². The zero-order valence-corrected chi connectivity index (χ0v) is 13.5. The number of aliphatic imine (C=N–C) groups is 1. The standard InChI is InChI=1S/C17H24N4O2/c1-19-17(20-8-2-9-23-16-7-10-22-13-16)21-12-15-5-3-14(11-18)4-6-15/h3-6,16H,2,7-10,12-13H2,1H3,(H2,19,20,21). The van der Waals surface area contributed by atoms with Crippen LogP contribution in [-0.2, 0) is 16.0 Å². The zero-order chi connectivity index (χ0) is 16.3. The smallest absolute Gasteiger partial charge is 0.191 e. The van der Waals surface area contributed by atoms with Crippen LogP contribution in [0.5, 0.6) is 0 Å². The Morgan fingerprint density at radius 3 is 2.87 bits per heavy atom. The number of hydrogen-bond acceptors (Lipinski definition) is 4. The van der Waals surface area contributed by atoms with Gasteiger partial charge in [0, 0.05) is 33.4 Å². The lowest BCUT2D eigenvalue weighted by molar-refractivity contribution is 0.0420. The third kappa shape index (κ3) is 6.27. The molecule has 1 unspecified atom stereocenters. The fraction of sp³-hybridized carbons (Fsp3) is 0.529. The molecule has 1 heterocycles. The van der Waals surface area contributed by atoms with E-state index >= 15 is 0 Å². The first-order valence-electron chi connectivity index (χ1n) is 7.94. The van der Waals surface area contributed by atoms with E-state index in [1.807, 2.05) is 24.3 Å². The molecule has 1 aromatic carbocycles. The number of nitrogens with one attached hydrogen (secondary N) is 2. The van der Waals surface area contributed by atoms with Gasteiger partial charge in [0.05, 0.1) is 24.3 Å². The second-order valence-electron chi connectivity index (χ2n) is 5.37. The van der Waals surface area contributed by atoms with E-state index < -0.39 is 0 Å². The van der Waals surface area contributed by atoms with E-state index in [1.165, 1.54) is 0 Å². The monoisotopic (exact) mass is 316 g/mol. The Labute approximate surface area is 137 Å². The molecule has 1 fully saturated rings. The Balaban J connectivity index is 1.60. The Morgan fingerprint density at radius 1 is 1.39 bits per heavy atom. The molecule has 6 nitrogen and oxygen atoms in total. The molecule has 0 amide bonds. The van der Waals surface area contributed by atoms with Crippen molar-refractivity contribution in [3.05, 3.63) is 35.4 Å². The van der Waals surface area contributed by atoms with Crippen molar-refractivity contribution in [1.82, 2.24) is 10.6 Å². The summed E-state index contributed by atoms with van der Waals surface area (Å²) in [5, 5.41) is 15.3. The van der Waals surface area contributed by atoms with Gasteiger partial charge in [0.25, 0.3) is 0 Å². The minimum Gasteiger partial charge on any atom is -0.379 e. The Bertz CT molecular complexity index is 531. The number of benzene rings is 1. The highest BCUT2D eigenvalue weighted by Gasteiger charge is 2.15. The van der Waals surface area contributed by atoms with Gasteiger partial charge in [0.2, 0.25) is 0 Å². The van der Waals surface area contributed by atoms with Crippen LogP contribution in [0.1, 0.15) is 24.0 Å². The number of nitrogens with zero attached hydrogens (tertiary/aromatic N) is 2. The normalized spacial score (nSPS) is 17.7. The summed E-state index contributed by atoms with van der Waals surface area (Å²) in [6.45, 7) is 3.74. The molecular weight excluding hydrogens is 292 g/mol. The van der Waals surface area contributed by atoms with Crippen LogP contribution in [0.4, 0.5) is 0 Å². The van der Waals surface area contributed by atoms with Crippen molar-refractivity contribution >= 4 is 5.96 Å². The van der Waals surface area contributed by atoms with Crippen LogP contribution >= 0.6 is 0 Å². The molecule has 0 aliphatic carbocycles. The van der Waals surface area contributed by atoms with Crippen LogP contribution in [-0.4, -0.2) is 45.5 Å². The molecule has 0 radical (unpaired) electrons. The van der Waals surface area contributed by atoms with Gasteiger partial charge in [-0.3, -0.25) is 4.99 Å². The van der Waals surface area contributed by atoms with Gasteiger partial charge in [-0.05, 0) is 30.5 Å². The molecule has 1 aliphatic rings. The highest BCUT2D eigenvalue weighted by atomic mass is 16.5. The Hall–Kier alpha value is -2.10. The predicted octanol–water partition coefficient (Wildman–Crippen LogP) is 1.42. The maximum absolute atomic E-state index is 8.78.